The van der Waals surface area contributed by atoms with Gasteiger partial charge in [0.25, 0.3) is 0 Å². The number of hydrogen-bond donors (Lipinski definition) is 1. The number of methoxy groups -OCH3 is 1. The van der Waals surface area contributed by atoms with Gasteiger partial charge in [-0.3, -0.25) is 4.68 Å². The molecule has 0 atom stereocenters. The summed E-state index contributed by atoms with van der Waals surface area (Å²) in [5.41, 5.74) is 1.43. The first-order chi connectivity index (χ1) is 9.08. The second-order valence-corrected chi connectivity index (χ2v) is 4.55. The third-order valence-corrected chi connectivity index (χ3v) is 3.46. The van der Waals surface area contributed by atoms with Gasteiger partial charge in [-0.2, -0.15) is 5.10 Å². The second-order valence-electron chi connectivity index (χ2n) is 3.79. The lowest BCUT2D eigenvalue weighted by molar-refractivity contribution is 0.319. The van der Waals surface area contributed by atoms with E-state index in [1.807, 2.05) is 0 Å². The van der Waals surface area contributed by atoms with Crippen molar-refractivity contribution in [2.75, 3.05) is 7.11 Å². The molecule has 19 heavy (non-hydrogen) atoms. The van der Waals surface area contributed by atoms with Crippen LogP contribution in [0.2, 0.25) is 10.0 Å². The van der Waals surface area contributed by atoms with Gasteiger partial charge in [-0.05, 0) is 12.1 Å². The van der Waals surface area contributed by atoms with E-state index in [4.69, 9.17) is 27.9 Å². The Morgan fingerprint density at radius 2 is 2.11 bits per heavy atom. The molecule has 1 N–H and O–H groups in total. The Morgan fingerprint density at radius 3 is 2.63 bits per heavy atom. The highest BCUT2D eigenvalue weighted by Crippen LogP contribution is 2.35. The maximum atomic E-state index is 9.20. The highest BCUT2D eigenvalue weighted by molar-refractivity contribution is 6.45. The number of rotatable bonds is 3. The largest absolute Gasteiger partial charge is 0.495 e. The Hall–Kier alpha value is -1.72. The molecule has 0 saturated carbocycles. The first kappa shape index (κ1) is 13.7. The minimum atomic E-state index is 0.262. The van der Waals surface area contributed by atoms with E-state index >= 15 is 0 Å². The van der Waals surface area contributed by atoms with Crippen LogP contribution < -0.4 is 4.74 Å². The van der Waals surface area contributed by atoms with E-state index in [1.165, 1.54) is 7.11 Å². The van der Waals surface area contributed by atoms with Crippen LogP contribution in [0, 0.1) is 0 Å². The van der Waals surface area contributed by atoms with Crippen LogP contribution in [0.1, 0.15) is 11.1 Å². The lowest BCUT2D eigenvalue weighted by Crippen LogP contribution is -2.04. The van der Waals surface area contributed by atoms with Crippen LogP contribution in [0.3, 0.4) is 0 Å². The molecule has 0 bridgehead atoms. The molecule has 7 heteroatoms. The Bertz CT molecular complexity index is 638. The molecule has 0 fully saturated rings. The number of benzene rings is 1. The maximum absolute atomic E-state index is 9.20. The molecular weight excluding hydrogens is 289 g/mol. The van der Waals surface area contributed by atoms with Crippen LogP contribution in [0.5, 0.6) is 5.75 Å². The number of halogens is 2. The minimum Gasteiger partial charge on any atom is -0.495 e. The highest BCUT2D eigenvalue weighted by atomic mass is 35.5. The number of aryl methyl sites for hydroxylation is 1. The number of nitrogens with zero attached hydrogens (tertiary/aromatic N) is 3. The van der Waals surface area contributed by atoms with Gasteiger partial charge in [0, 0.05) is 24.4 Å². The van der Waals surface area contributed by atoms with Gasteiger partial charge in [-0.15, -0.1) is 0 Å². The van der Waals surface area contributed by atoms with E-state index in [-0.39, 0.29) is 10.0 Å². The third-order valence-electron chi connectivity index (χ3n) is 2.60. The van der Waals surface area contributed by atoms with Crippen molar-refractivity contribution in [1.82, 2.24) is 9.78 Å². The van der Waals surface area contributed by atoms with E-state index < -0.39 is 0 Å². The number of oxime groups is 1. The minimum absolute atomic E-state index is 0.262. The van der Waals surface area contributed by atoms with E-state index in [1.54, 1.807) is 36.3 Å². The second kappa shape index (κ2) is 5.50. The van der Waals surface area contributed by atoms with Gasteiger partial charge in [0.05, 0.1) is 18.3 Å². The van der Waals surface area contributed by atoms with Crippen molar-refractivity contribution < 1.29 is 9.94 Å². The molecule has 0 aliphatic heterocycles. The van der Waals surface area contributed by atoms with E-state index in [0.717, 1.165) is 0 Å². The predicted molar refractivity (Wildman–Crippen MR) is 73.6 cm³/mol. The van der Waals surface area contributed by atoms with Crippen molar-refractivity contribution in [3.8, 4) is 5.75 Å². The van der Waals surface area contributed by atoms with Crippen molar-refractivity contribution >= 4 is 28.9 Å². The van der Waals surface area contributed by atoms with Gasteiger partial charge in [0.1, 0.15) is 16.5 Å². The predicted octanol–water partition coefficient (Wildman–Crippen LogP) is 2.96. The first-order valence-electron chi connectivity index (χ1n) is 5.32. The van der Waals surface area contributed by atoms with Gasteiger partial charge in [-0.25, -0.2) is 0 Å². The molecule has 1 aromatic carbocycles. The van der Waals surface area contributed by atoms with Crippen molar-refractivity contribution in [3.05, 3.63) is 45.7 Å². The molecule has 2 rings (SSSR count). The molecular formula is C12H11Cl2N3O2. The van der Waals surface area contributed by atoms with Crippen LogP contribution in [0.25, 0.3) is 0 Å². The first-order valence-corrected chi connectivity index (χ1v) is 6.07. The topological polar surface area (TPSA) is 59.6 Å². The summed E-state index contributed by atoms with van der Waals surface area (Å²) in [6.07, 6.45) is 3.28. The Labute approximate surface area is 120 Å². The van der Waals surface area contributed by atoms with Crippen LogP contribution in [0.15, 0.2) is 29.7 Å². The van der Waals surface area contributed by atoms with Crippen LogP contribution in [-0.2, 0) is 7.05 Å². The number of ether oxygens (including phenoxy) is 1. The summed E-state index contributed by atoms with van der Waals surface area (Å²) >= 11 is 12.3. The van der Waals surface area contributed by atoms with Gasteiger partial charge in [0.15, 0.2) is 0 Å². The summed E-state index contributed by atoms with van der Waals surface area (Å²) in [6, 6.07) is 3.33. The smallest absolute Gasteiger partial charge is 0.139 e. The maximum Gasteiger partial charge on any atom is 0.139 e. The monoisotopic (exact) mass is 299 g/mol. The van der Waals surface area contributed by atoms with E-state index in [0.29, 0.717) is 22.6 Å². The molecule has 100 valence electrons. The molecule has 0 radical (unpaired) electrons. The average Bonchev–Trinajstić information content (AvgIpc) is 2.82. The molecule has 2 aromatic rings. The summed E-state index contributed by atoms with van der Waals surface area (Å²) in [6.45, 7) is 0. The van der Waals surface area contributed by atoms with Crippen LogP contribution >= 0.6 is 23.2 Å². The summed E-state index contributed by atoms with van der Waals surface area (Å²) in [7, 11) is 3.26. The fraction of sp³-hybridized carbons (Fsp3) is 0.167. The van der Waals surface area contributed by atoms with Crippen molar-refractivity contribution in [1.29, 1.82) is 0 Å². The van der Waals surface area contributed by atoms with Crippen LogP contribution in [-0.4, -0.2) is 27.8 Å². The third kappa shape index (κ3) is 2.52. The summed E-state index contributed by atoms with van der Waals surface area (Å²) in [4.78, 5) is 0. The highest BCUT2D eigenvalue weighted by Gasteiger charge is 2.17. The quantitative estimate of drug-likeness (QED) is 0.538. The molecule has 0 aliphatic rings. The lowest BCUT2D eigenvalue weighted by Gasteiger charge is -2.09. The van der Waals surface area contributed by atoms with Crippen molar-refractivity contribution in [2.24, 2.45) is 12.2 Å². The molecule has 1 heterocycles. The zero-order valence-electron chi connectivity index (χ0n) is 10.3. The Kier molecular flexibility index (Phi) is 3.97. The Morgan fingerprint density at radius 1 is 1.37 bits per heavy atom. The summed E-state index contributed by atoms with van der Waals surface area (Å²) in [5, 5.41) is 17.0. The molecule has 0 saturated heterocycles. The average molecular weight is 300 g/mol. The van der Waals surface area contributed by atoms with Crippen molar-refractivity contribution in [2.45, 2.75) is 0 Å². The molecule has 0 spiro atoms. The van der Waals surface area contributed by atoms with Crippen LogP contribution in [0.4, 0.5) is 0 Å². The number of hydrogen-bond acceptors (Lipinski definition) is 4. The van der Waals surface area contributed by atoms with Gasteiger partial charge >= 0.3 is 0 Å². The molecule has 0 unspecified atom stereocenters. The molecule has 0 amide bonds. The standard InChI is InChI=1S/C12H11Cl2N3O2/c1-17-6-7(5-15-17)12(16-18)8-3-4-9(19-2)11(14)10(8)13/h3-6,18H,1-2H3/b16-12-. The summed E-state index contributed by atoms with van der Waals surface area (Å²) in [5.74, 6) is 0.457. The fourth-order valence-corrected chi connectivity index (χ4v) is 2.17. The van der Waals surface area contributed by atoms with Gasteiger partial charge in [0.2, 0.25) is 0 Å². The SMILES string of the molecule is COc1ccc(/C(=N\O)c2cnn(C)c2)c(Cl)c1Cl. The molecule has 5 nitrogen and oxygen atoms in total. The lowest BCUT2D eigenvalue weighted by atomic mass is 10.1. The molecule has 0 aliphatic carbocycles. The zero-order valence-corrected chi connectivity index (χ0v) is 11.8. The normalized spacial score (nSPS) is 11.7. The van der Waals surface area contributed by atoms with Crippen molar-refractivity contribution in [3.63, 3.8) is 0 Å². The fourth-order valence-electron chi connectivity index (χ4n) is 1.68. The van der Waals surface area contributed by atoms with Gasteiger partial charge in [-0.1, -0.05) is 28.4 Å². The Balaban J connectivity index is 2.54. The number of aromatic nitrogens is 2. The summed E-state index contributed by atoms with van der Waals surface area (Å²) < 4.78 is 6.67. The van der Waals surface area contributed by atoms with E-state index in [9.17, 15) is 5.21 Å². The zero-order chi connectivity index (χ0) is 14.0. The molecule has 1 aromatic heterocycles. The van der Waals surface area contributed by atoms with E-state index in [2.05, 4.69) is 10.3 Å². The van der Waals surface area contributed by atoms with Gasteiger partial charge < -0.3 is 9.94 Å².